The average Bonchev–Trinajstić information content (AvgIpc) is 2.28. The molecule has 1 fully saturated rings. The molecule has 106 valence electrons. The second-order valence-corrected chi connectivity index (χ2v) is 5.45. The van der Waals surface area contributed by atoms with Crippen LogP contribution in [0.4, 0.5) is 0 Å². The lowest BCUT2D eigenvalue weighted by Gasteiger charge is -2.35. The van der Waals surface area contributed by atoms with Crippen LogP contribution in [0.25, 0.3) is 5.53 Å². The van der Waals surface area contributed by atoms with E-state index in [0.717, 1.165) is 12.8 Å². The molecule has 19 heavy (non-hydrogen) atoms. The Morgan fingerprint density at radius 3 is 2.58 bits per heavy atom. The number of amidine groups is 1. The highest BCUT2D eigenvalue weighted by molar-refractivity contribution is 6.28. The molecule has 1 rings (SSSR count). The van der Waals surface area contributed by atoms with Crippen molar-refractivity contribution in [3.8, 4) is 0 Å². The van der Waals surface area contributed by atoms with Gasteiger partial charge in [-0.25, -0.2) is 4.79 Å². The number of rotatable bonds is 2. The maximum Gasteiger partial charge on any atom is 0.690 e. The summed E-state index contributed by atoms with van der Waals surface area (Å²) >= 11 is 0. The molecule has 0 N–H and O–H groups in total. The van der Waals surface area contributed by atoms with Crippen LogP contribution in [0.2, 0.25) is 0 Å². The van der Waals surface area contributed by atoms with E-state index >= 15 is 0 Å². The van der Waals surface area contributed by atoms with Gasteiger partial charge in [0.25, 0.3) is 0 Å². The van der Waals surface area contributed by atoms with Crippen LogP contribution < -0.4 is 0 Å². The molecule has 0 heterocycles. The summed E-state index contributed by atoms with van der Waals surface area (Å²) in [5, 5.41) is 10.5. The first-order valence-electron chi connectivity index (χ1n) is 6.44. The number of carbonyl (C=O) groups excluding carboxylic acids is 1. The van der Waals surface area contributed by atoms with E-state index in [0.29, 0.717) is 18.3 Å². The molecule has 1 aliphatic rings. The van der Waals surface area contributed by atoms with Crippen molar-refractivity contribution in [1.82, 2.24) is 0 Å². The number of esters is 1. The van der Waals surface area contributed by atoms with Crippen LogP contribution in [0.3, 0.4) is 0 Å². The molecule has 0 saturated heterocycles. The van der Waals surface area contributed by atoms with E-state index in [-0.39, 0.29) is 12.0 Å². The minimum absolute atomic E-state index is 0.187. The summed E-state index contributed by atoms with van der Waals surface area (Å²) in [5.41, 5.74) is 8.47. The first-order chi connectivity index (χ1) is 8.86. The summed E-state index contributed by atoms with van der Waals surface area (Å²) in [6.07, 6.45) is 2.33. The SMILES string of the molecule is CC(C)[C@H]1CC[C@H](C)C[C@@H]1OC(=O)C(=[N+]=[N-])[N+](=O)[O-]. The van der Waals surface area contributed by atoms with Gasteiger partial charge in [0.05, 0.1) is 0 Å². The molecule has 0 radical (unpaired) electrons. The average molecular weight is 269 g/mol. The standard InChI is InChI=1S/C12H19N3O4/c1-7(2)9-5-4-8(3)6-10(9)19-12(16)11(14-13)15(17)18/h7-10H,4-6H2,1-3H3/t8-,9+,10-/m0/s1. The van der Waals surface area contributed by atoms with Gasteiger partial charge in [-0.2, -0.15) is 0 Å². The van der Waals surface area contributed by atoms with Gasteiger partial charge >= 0.3 is 11.8 Å². The molecule has 0 aliphatic heterocycles. The molecule has 3 atom stereocenters. The van der Waals surface area contributed by atoms with Crippen LogP contribution in [-0.2, 0) is 9.53 Å². The molecular formula is C12H19N3O4. The van der Waals surface area contributed by atoms with Crippen LogP contribution in [0.15, 0.2) is 0 Å². The van der Waals surface area contributed by atoms with Crippen LogP contribution >= 0.6 is 0 Å². The van der Waals surface area contributed by atoms with E-state index in [4.69, 9.17) is 10.3 Å². The number of ether oxygens (including phenoxy) is 1. The molecule has 7 nitrogen and oxygen atoms in total. The summed E-state index contributed by atoms with van der Waals surface area (Å²) in [6.45, 7) is 6.14. The van der Waals surface area contributed by atoms with E-state index < -0.39 is 16.7 Å². The van der Waals surface area contributed by atoms with Crippen molar-refractivity contribution < 1.29 is 19.2 Å². The van der Waals surface area contributed by atoms with Crippen molar-refractivity contribution in [2.75, 3.05) is 0 Å². The van der Waals surface area contributed by atoms with E-state index in [1.165, 1.54) is 0 Å². The molecule has 0 aromatic heterocycles. The van der Waals surface area contributed by atoms with E-state index in [9.17, 15) is 14.9 Å². The zero-order chi connectivity index (χ0) is 14.6. The molecule has 7 heteroatoms. The fraction of sp³-hybridized carbons (Fsp3) is 0.833. The molecule has 0 unspecified atom stereocenters. The first-order valence-corrected chi connectivity index (χ1v) is 6.44. The minimum atomic E-state index is -1.17. The van der Waals surface area contributed by atoms with Crippen LogP contribution in [-0.4, -0.2) is 27.6 Å². The number of nitrogens with zero attached hydrogens (tertiary/aromatic N) is 3. The van der Waals surface area contributed by atoms with Crippen molar-refractivity contribution >= 4 is 11.8 Å². The van der Waals surface area contributed by atoms with Crippen molar-refractivity contribution in [2.45, 2.75) is 46.1 Å². The number of carbonyl (C=O) groups is 1. The Kier molecular flexibility index (Phi) is 5.18. The Hall–Kier alpha value is -1.75. The molecule has 0 aromatic rings. The van der Waals surface area contributed by atoms with Crippen molar-refractivity contribution in [1.29, 1.82) is 0 Å². The smallest absolute Gasteiger partial charge is 0.448 e. The predicted octanol–water partition coefficient (Wildman–Crippen LogP) is 1.90. The van der Waals surface area contributed by atoms with Crippen LogP contribution in [0.1, 0.15) is 40.0 Å². The molecule has 1 aliphatic carbocycles. The largest absolute Gasteiger partial charge is 0.690 e. The normalized spacial score (nSPS) is 26.6. The minimum Gasteiger partial charge on any atom is -0.448 e. The summed E-state index contributed by atoms with van der Waals surface area (Å²) in [6, 6.07) is 0. The summed E-state index contributed by atoms with van der Waals surface area (Å²) in [7, 11) is 0. The molecule has 0 aromatic carbocycles. The van der Waals surface area contributed by atoms with Gasteiger partial charge in [0, 0.05) is 0 Å². The maximum absolute atomic E-state index is 11.6. The highest BCUT2D eigenvalue weighted by Crippen LogP contribution is 2.35. The summed E-state index contributed by atoms with van der Waals surface area (Å²) in [5.74, 6) is -1.40. The van der Waals surface area contributed by atoms with Crippen LogP contribution in [0.5, 0.6) is 0 Å². The lowest BCUT2D eigenvalue weighted by Crippen LogP contribution is -2.39. The third kappa shape index (κ3) is 3.86. The van der Waals surface area contributed by atoms with Gasteiger partial charge in [0.1, 0.15) is 6.10 Å². The second kappa shape index (κ2) is 6.43. The topological polar surface area (TPSA) is 106 Å². The lowest BCUT2D eigenvalue weighted by atomic mass is 9.75. The number of nitro groups is 1. The third-order valence-corrected chi connectivity index (χ3v) is 3.67. The maximum atomic E-state index is 11.6. The van der Waals surface area contributed by atoms with Crippen molar-refractivity contribution in [2.24, 2.45) is 17.8 Å². The van der Waals surface area contributed by atoms with Crippen molar-refractivity contribution in [3.63, 3.8) is 0 Å². The van der Waals surface area contributed by atoms with Gasteiger partial charge in [-0.15, -0.1) is 0 Å². The van der Waals surface area contributed by atoms with Gasteiger partial charge in [-0.05, 0) is 30.6 Å². The lowest BCUT2D eigenvalue weighted by molar-refractivity contribution is -0.384. The Balaban J connectivity index is 2.79. The Morgan fingerprint density at radius 1 is 1.47 bits per heavy atom. The van der Waals surface area contributed by atoms with Gasteiger partial charge in [0.2, 0.25) is 0 Å². The zero-order valence-corrected chi connectivity index (χ0v) is 11.4. The number of hydrogen-bond donors (Lipinski definition) is 0. The highest BCUT2D eigenvalue weighted by Gasteiger charge is 2.41. The summed E-state index contributed by atoms with van der Waals surface area (Å²) < 4.78 is 5.18. The summed E-state index contributed by atoms with van der Waals surface area (Å²) in [4.78, 5) is 23.5. The van der Waals surface area contributed by atoms with E-state index in [1.807, 2.05) is 13.8 Å². The first kappa shape index (κ1) is 15.3. The monoisotopic (exact) mass is 269 g/mol. The van der Waals surface area contributed by atoms with Crippen LogP contribution in [0, 0.1) is 27.9 Å². The fourth-order valence-electron chi connectivity index (χ4n) is 2.59. The van der Waals surface area contributed by atoms with Gasteiger partial charge in [-0.3, -0.25) is 10.1 Å². The van der Waals surface area contributed by atoms with Gasteiger partial charge in [0.15, 0.2) is 4.92 Å². The fourth-order valence-corrected chi connectivity index (χ4v) is 2.59. The number of hydrogen-bond acceptors (Lipinski definition) is 4. The third-order valence-electron chi connectivity index (χ3n) is 3.67. The van der Waals surface area contributed by atoms with Crippen molar-refractivity contribution in [3.05, 3.63) is 15.6 Å². The second-order valence-electron chi connectivity index (χ2n) is 5.45. The molecule has 0 bridgehead atoms. The predicted molar refractivity (Wildman–Crippen MR) is 66.8 cm³/mol. The quantitative estimate of drug-likeness (QED) is 0.145. The zero-order valence-electron chi connectivity index (χ0n) is 11.4. The van der Waals surface area contributed by atoms with E-state index in [2.05, 4.69) is 11.7 Å². The molecule has 0 amide bonds. The molecule has 1 saturated carbocycles. The van der Waals surface area contributed by atoms with Gasteiger partial charge in [-0.1, -0.05) is 32.0 Å². The van der Waals surface area contributed by atoms with Gasteiger partial charge < -0.3 is 10.3 Å². The Labute approximate surface area is 111 Å². The Morgan fingerprint density at radius 2 is 2.11 bits per heavy atom. The van der Waals surface area contributed by atoms with E-state index in [1.54, 1.807) is 0 Å². The highest BCUT2D eigenvalue weighted by atomic mass is 16.6. The molecule has 0 spiro atoms. The molecular weight excluding hydrogens is 250 g/mol. The Bertz CT molecular complexity index is 415.